The second-order valence-electron chi connectivity index (χ2n) is 8.61. The summed E-state index contributed by atoms with van der Waals surface area (Å²) < 4.78 is 25.1. The molecule has 1 heteroatoms. The first-order valence-electron chi connectivity index (χ1n) is 10.3. The van der Waals surface area contributed by atoms with Gasteiger partial charge in [0.1, 0.15) is 7.05 Å². The number of hydrogen-bond acceptors (Lipinski definition) is 0. The van der Waals surface area contributed by atoms with Crippen molar-refractivity contribution < 1.29 is 8.68 Å². The summed E-state index contributed by atoms with van der Waals surface area (Å²) in [5, 5.41) is 0. The van der Waals surface area contributed by atoms with E-state index < -0.39 is 6.85 Å². The van der Waals surface area contributed by atoms with E-state index in [0.717, 1.165) is 23.2 Å². The highest BCUT2D eigenvalue weighted by atomic mass is 14.9. The van der Waals surface area contributed by atoms with Crippen molar-refractivity contribution in [2.45, 2.75) is 72.6 Å². The van der Waals surface area contributed by atoms with Gasteiger partial charge in [-0.1, -0.05) is 59.2 Å². The molecule has 0 aliphatic rings. The van der Waals surface area contributed by atoms with E-state index in [4.69, 9.17) is 4.11 Å². The number of aromatic nitrogens is 1. The molecule has 1 aromatic carbocycles. The molecule has 0 atom stereocenters. The molecule has 2 aromatic rings. The molecule has 1 heterocycles. The van der Waals surface area contributed by atoms with Gasteiger partial charge in [0.25, 0.3) is 0 Å². The van der Waals surface area contributed by atoms with Crippen molar-refractivity contribution in [1.29, 1.82) is 0 Å². The van der Waals surface area contributed by atoms with E-state index in [1.807, 2.05) is 13.0 Å². The molecule has 24 heavy (non-hydrogen) atoms. The molecule has 0 bridgehead atoms. The minimum atomic E-state index is -2.07. The van der Waals surface area contributed by atoms with E-state index in [1.165, 1.54) is 11.1 Å². The molecule has 0 spiro atoms. The van der Waals surface area contributed by atoms with Crippen LogP contribution in [-0.4, -0.2) is 0 Å². The zero-order valence-electron chi connectivity index (χ0n) is 19.5. The van der Waals surface area contributed by atoms with Crippen LogP contribution in [0.4, 0.5) is 0 Å². The Kier molecular flexibility index (Phi) is 3.89. The van der Waals surface area contributed by atoms with Gasteiger partial charge in [0.15, 0.2) is 6.20 Å². The van der Waals surface area contributed by atoms with E-state index in [0.29, 0.717) is 5.56 Å². The van der Waals surface area contributed by atoms with Gasteiger partial charge in [0, 0.05) is 21.3 Å². The third-order valence-electron chi connectivity index (χ3n) is 5.20. The van der Waals surface area contributed by atoms with Crippen molar-refractivity contribution in [2.24, 2.45) is 7.05 Å². The highest BCUT2D eigenvalue weighted by Crippen LogP contribution is 2.37. The summed E-state index contributed by atoms with van der Waals surface area (Å²) in [5.74, 6) is 0. The van der Waals surface area contributed by atoms with Crippen LogP contribution in [0.2, 0.25) is 0 Å². The molecule has 0 N–H and O–H groups in total. The first kappa shape index (κ1) is 14.7. The Morgan fingerprint density at radius 1 is 1.04 bits per heavy atom. The Balaban J connectivity index is 2.74. The largest absolute Gasteiger partial charge is 0.212 e. The lowest BCUT2D eigenvalue weighted by Gasteiger charge is -2.31. The maximum atomic E-state index is 7.65. The molecule has 1 nitrogen and oxygen atoms in total. The Morgan fingerprint density at radius 2 is 1.71 bits per heavy atom. The minimum absolute atomic E-state index is 0.0538. The van der Waals surface area contributed by atoms with E-state index in [1.54, 1.807) is 12.1 Å². The first-order valence-corrected chi connectivity index (χ1v) is 8.84. The summed E-state index contributed by atoms with van der Waals surface area (Å²) in [7, 11) is 2.07. The summed E-state index contributed by atoms with van der Waals surface area (Å²) in [6, 6.07) is 7.79. The second-order valence-corrected chi connectivity index (χ2v) is 8.61. The zero-order valence-corrected chi connectivity index (χ0v) is 16.5. The van der Waals surface area contributed by atoms with Crippen LogP contribution >= 0.6 is 0 Å². The number of aryl methyl sites for hydroxylation is 3. The Morgan fingerprint density at radius 3 is 2.21 bits per heavy atom. The smallest absolute Gasteiger partial charge is 0.201 e. The monoisotopic (exact) mass is 327 g/mol. The van der Waals surface area contributed by atoms with Gasteiger partial charge in [-0.25, -0.2) is 4.57 Å². The van der Waals surface area contributed by atoms with Gasteiger partial charge in [-0.3, -0.25) is 0 Å². The fraction of sp³-hybridized carbons (Fsp3) is 0.522. The van der Waals surface area contributed by atoms with E-state index in [9.17, 15) is 0 Å². The summed E-state index contributed by atoms with van der Waals surface area (Å²) in [4.78, 5) is 0. The molecule has 1 aromatic heterocycles. The Hall–Kier alpha value is -1.63. The topological polar surface area (TPSA) is 3.88 Å². The van der Waals surface area contributed by atoms with Gasteiger partial charge in [0.2, 0.25) is 5.69 Å². The van der Waals surface area contributed by atoms with Crippen molar-refractivity contribution in [2.75, 3.05) is 0 Å². The van der Waals surface area contributed by atoms with Crippen LogP contribution < -0.4 is 4.57 Å². The van der Waals surface area contributed by atoms with E-state index in [-0.39, 0.29) is 10.8 Å². The van der Waals surface area contributed by atoms with Crippen LogP contribution in [0.5, 0.6) is 0 Å². The van der Waals surface area contributed by atoms with E-state index >= 15 is 0 Å². The second kappa shape index (κ2) is 6.35. The lowest BCUT2D eigenvalue weighted by atomic mass is 9.73. The lowest BCUT2D eigenvalue weighted by Crippen LogP contribution is -2.36. The van der Waals surface area contributed by atoms with Crippen molar-refractivity contribution >= 4 is 0 Å². The SMILES string of the molecule is [2H]C([2H])([2H])c1ccc(-c2cc(C(C)(C)CC)c(C(C)(C)C)c[n+]2C)c(C)c1. The maximum Gasteiger partial charge on any atom is 0.212 e. The van der Waals surface area contributed by atoms with Gasteiger partial charge in [-0.05, 0) is 48.2 Å². The number of benzene rings is 1. The molecular formula is C23H34N+. The molecule has 0 radical (unpaired) electrons. The predicted molar refractivity (Wildman–Crippen MR) is 105 cm³/mol. The third kappa shape index (κ3) is 3.55. The normalized spacial score (nSPS) is 14.9. The zero-order chi connectivity index (χ0) is 20.8. The minimum Gasteiger partial charge on any atom is -0.201 e. The van der Waals surface area contributed by atoms with E-state index in [2.05, 4.69) is 65.4 Å². The summed E-state index contributed by atoms with van der Waals surface area (Å²) in [6.07, 6.45) is 3.30. The van der Waals surface area contributed by atoms with Crippen LogP contribution in [0.1, 0.15) is 74.3 Å². The van der Waals surface area contributed by atoms with Crippen LogP contribution in [0.25, 0.3) is 11.3 Å². The molecule has 0 amide bonds. The van der Waals surface area contributed by atoms with Crippen LogP contribution in [0.3, 0.4) is 0 Å². The quantitative estimate of drug-likeness (QED) is 0.629. The number of rotatable bonds is 3. The third-order valence-corrected chi connectivity index (χ3v) is 5.20. The fourth-order valence-corrected chi connectivity index (χ4v) is 3.22. The molecule has 0 aliphatic heterocycles. The molecule has 0 saturated heterocycles. The van der Waals surface area contributed by atoms with Crippen molar-refractivity contribution in [3.63, 3.8) is 0 Å². The van der Waals surface area contributed by atoms with Crippen molar-refractivity contribution in [3.8, 4) is 11.3 Å². The number of nitrogens with zero attached hydrogens (tertiary/aromatic N) is 1. The molecule has 0 unspecified atom stereocenters. The first-order chi connectivity index (χ1) is 12.2. The van der Waals surface area contributed by atoms with Crippen LogP contribution in [-0.2, 0) is 17.9 Å². The highest BCUT2D eigenvalue weighted by molar-refractivity contribution is 5.63. The molecule has 0 saturated carbocycles. The maximum absolute atomic E-state index is 7.65. The Labute approximate surface area is 153 Å². The van der Waals surface area contributed by atoms with Crippen molar-refractivity contribution in [1.82, 2.24) is 0 Å². The molecule has 0 fully saturated rings. The van der Waals surface area contributed by atoms with Gasteiger partial charge >= 0.3 is 0 Å². The average molecular weight is 328 g/mol. The van der Waals surface area contributed by atoms with Crippen LogP contribution in [0, 0.1) is 13.8 Å². The molecule has 130 valence electrons. The fourth-order valence-electron chi connectivity index (χ4n) is 3.22. The predicted octanol–water partition coefficient (Wildman–Crippen LogP) is 5.78. The molecule has 0 aliphatic carbocycles. The van der Waals surface area contributed by atoms with Gasteiger partial charge in [-0.15, -0.1) is 0 Å². The number of hydrogen-bond donors (Lipinski definition) is 0. The molecular weight excluding hydrogens is 290 g/mol. The lowest BCUT2D eigenvalue weighted by molar-refractivity contribution is -0.661. The summed E-state index contributed by atoms with van der Waals surface area (Å²) >= 11 is 0. The van der Waals surface area contributed by atoms with Gasteiger partial charge < -0.3 is 0 Å². The standard InChI is InChI=1S/C23H34N/c1-10-23(7,8)19-14-21(18-12-11-16(2)13-17(18)3)24(9)15-20(19)22(4,5)6/h11-15H,10H2,1-9H3/q+1/i2D3. The van der Waals surface area contributed by atoms with Crippen molar-refractivity contribution in [3.05, 3.63) is 52.7 Å². The summed E-state index contributed by atoms with van der Waals surface area (Å²) in [5.41, 5.74) is 6.43. The highest BCUT2D eigenvalue weighted by Gasteiger charge is 2.31. The van der Waals surface area contributed by atoms with Crippen LogP contribution in [0.15, 0.2) is 30.5 Å². The Bertz CT molecular complexity index is 840. The average Bonchev–Trinajstić information content (AvgIpc) is 2.53. The van der Waals surface area contributed by atoms with Gasteiger partial charge in [0.05, 0.1) is 0 Å². The van der Waals surface area contributed by atoms with Gasteiger partial charge in [-0.2, -0.15) is 0 Å². The molecule has 2 rings (SSSR count). The number of pyridine rings is 1. The summed E-state index contributed by atoms with van der Waals surface area (Å²) in [6.45, 7) is 13.5.